The molecule has 0 saturated heterocycles. The minimum atomic E-state index is -1.94. The second-order valence-corrected chi connectivity index (χ2v) is 11.2. The van der Waals surface area contributed by atoms with Crippen molar-refractivity contribution in [1.29, 1.82) is 0 Å². The molecule has 0 rings (SSSR count). The molecule has 0 radical (unpaired) electrons. The van der Waals surface area contributed by atoms with Crippen LogP contribution >= 0.6 is 11.8 Å². The summed E-state index contributed by atoms with van der Waals surface area (Å²) in [5.41, 5.74) is 0. The van der Waals surface area contributed by atoms with E-state index in [1.54, 1.807) is 0 Å². The minimum absolute atomic E-state index is 0.211. The van der Waals surface area contributed by atoms with Gasteiger partial charge in [0.25, 0.3) is 0 Å². The molecule has 0 aliphatic heterocycles. The minimum Gasteiger partial charge on any atom is -0.536 e. The maximum Gasteiger partial charge on any atom is 0.317 e. The molecule has 0 saturated carbocycles. The molecule has 1 nitrogen and oxygen atoms in total. The lowest BCUT2D eigenvalue weighted by Gasteiger charge is -2.25. The van der Waals surface area contributed by atoms with Gasteiger partial charge in [0.2, 0.25) is 13.4 Å². The van der Waals surface area contributed by atoms with Gasteiger partial charge in [-0.05, 0) is 19.6 Å². The van der Waals surface area contributed by atoms with Crippen LogP contribution in [0.1, 0.15) is 20.8 Å². The van der Waals surface area contributed by atoms with Crippen molar-refractivity contribution in [2.45, 2.75) is 45.2 Å². The lowest BCUT2D eigenvalue weighted by molar-refractivity contribution is 0.352. The van der Waals surface area contributed by atoms with E-state index in [9.17, 15) is 8.78 Å². The van der Waals surface area contributed by atoms with Crippen LogP contribution < -0.4 is 0 Å². The monoisotopic (exact) mass is 240 g/mol. The Bertz CT molecular complexity index is 206. The first-order valence-electron chi connectivity index (χ1n) is 4.44. The summed E-state index contributed by atoms with van der Waals surface area (Å²) >= 11 is 1.08. The SMILES string of the molecule is CC(C)(C)SC(O[Si](C)(C)C)=C(F)F. The summed E-state index contributed by atoms with van der Waals surface area (Å²) in [5, 5.41) is -0.211. The molecule has 0 bridgehead atoms. The third kappa shape index (κ3) is 7.38. The number of hydrogen-bond donors (Lipinski definition) is 0. The molecule has 5 heteroatoms. The zero-order chi connectivity index (χ0) is 11.6. The van der Waals surface area contributed by atoms with E-state index in [-0.39, 0.29) is 9.84 Å². The Morgan fingerprint density at radius 3 is 1.79 bits per heavy atom. The summed E-state index contributed by atoms with van der Waals surface area (Å²) in [4.78, 5) is 0. The van der Waals surface area contributed by atoms with Crippen molar-refractivity contribution >= 4 is 20.1 Å². The highest BCUT2D eigenvalue weighted by Gasteiger charge is 2.25. The van der Waals surface area contributed by atoms with Crippen molar-refractivity contribution in [2.24, 2.45) is 0 Å². The largest absolute Gasteiger partial charge is 0.536 e. The summed E-state index contributed by atoms with van der Waals surface area (Å²) in [5.74, 6) is 0. The van der Waals surface area contributed by atoms with Gasteiger partial charge in [0, 0.05) is 4.75 Å². The summed E-state index contributed by atoms with van der Waals surface area (Å²) in [6, 6.07) is 0. The zero-order valence-corrected chi connectivity index (χ0v) is 11.4. The second kappa shape index (κ2) is 4.66. The highest BCUT2D eigenvalue weighted by Crippen LogP contribution is 2.36. The van der Waals surface area contributed by atoms with Crippen molar-refractivity contribution in [1.82, 2.24) is 0 Å². The standard InChI is InChI=1S/C9H18F2OSSi/c1-9(2,3)13-8(7(10)11)12-14(4,5)6/h1-6H3. The van der Waals surface area contributed by atoms with Crippen molar-refractivity contribution in [3.63, 3.8) is 0 Å². The summed E-state index contributed by atoms with van der Waals surface area (Å²) in [6.45, 7) is 11.3. The van der Waals surface area contributed by atoms with Crippen LogP contribution in [-0.4, -0.2) is 13.1 Å². The molecule has 14 heavy (non-hydrogen) atoms. The van der Waals surface area contributed by atoms with E-state index in [4.69, 9.17) is 4.43 Å². The first-order chi connectivity index (χ1) is 6.01. The van der Waals surface area contributed by atoms with Crippen LogP contribution in [0.4, 0.5) is 8.78 Å². The quantitative estimate of drug-likeness (QED) is 0.533. The first-order valence-corrected chi connectivity index (χ1v) is 8.67. The van der Waals surface area contributed by atoms with Crippen LogP contribution in [-0.2, 0) is 4.43 Å². The van der Waals surface area contributed by atoms with Gasteiger partial charge in [-0.2, -0.15) is 8.78 Å². The molecule has 0 heterocycles. The topological polar surface area (TPSA) is 9.23 Å². The molecule has 0 aliphatic carbocycles. The molecule has 0 aliphatic rings. The maximum atomic E-state index is 12.5. The molecule has 0 spiro atoms. The molecular weight excluding hydrogens is 222 g/mol. The summed E-state index contributed by atoms with van der Waals surface area (Å²) < 4.78 is 30.1. The zero-order valence-electron chi connectivity index (χ0n) is 9.57. The number of halogens is 2. The van der Waals surface area contributed by atoms with E-state index in [2.05, 4.69) is 0 Å². The molecule has 0 aromatic carbocycles. The van der Waals surface area contributed by atoms with Crippen LogP contribution in [0.5, 0.6) is 0 Å². The molecule has 0 amide bonds. The predicted molar refractivity (Wildman–Crippen MR) is 61.0 cm³/mol. The molecule has 84 valence electrons. The number of thioether (sulfide) groups is 1. The normalized spacial score (nSPS) is 12.6. The van der Waals surface area contributed by atoms with E-state index in [1.807, 2.05) is 40.4 Å². The third-order valence-electron chi connectivity index (χ3n) is 0.952. The summed E-state index contributed by atoms with van der Waals surface area (Å²) in [6.07, 6.45) is -1.72. The average molecular weight is 240 g/mol. The second-order valence-electron chi connectivity index (χ2n) is 4.98. The number of hydrogen-bond acceptors (Lipinski definition) is 2. The fraction of sp³-hybridized carbons (Fsp3) is 0.778. The molecule has 0 atom stereocenters. The fourth-order valence-corrected chi connectivity index (χ4v) is 2.84. The summed E-state index contributed by atoms with van der Waals surface area (Å²) in [7, 11) is -1.94. The number of rotatable bonds is 3. The maximum absolute atomic E-state index is 12.5. The molecule has 0 N–H and O–H groups in total. The van der Waals surface area contributed by atoms with E-state index in [0.717, 1.165) is 11.8 Å². The fourth-order valence-electron chi connectivity index (χ4n) is 0.654. The molecular formula is C9H18F2OSSi. The highest BCUT2D eigenvalue weighted by molar-refractivity contribution is 8.04. The van der Waals surface area contributed by atoms with Gasteiger partial charge in [-0.15, -0.1) is 0 Å². The third-order valence-corrected chi connectivity index (χ3v) is 2.95. The van der Waals surface area contributed by atoms with Gasteiger partial charge in [0.1, 0.15) is 0 Å². The van der Waals surface area contributed by atoms with Crippen LogP contribution in [0.2, 0.25) is 19.6 Å². The van der Waals surface area contributed by atoms with Gasteiger partial charge in [-0.3, -0.25) is 0 Å². The smallest absolute Gasteiger partial charge is 0.317 e. The van der Waals surface area contributed by atoms with Crippen molar-refractivity contribution in [2.75, 3.05) is 0 Å². The first kappa shape index (κ1) is 14.0. The predicted octanol–water partition coefficient (Wildman–Crippen LogP) is 4.44. The van der Waals surface area contributed by atoms with Crippen molar-refractivity contribution < 1.29 is 13.2 Å². The van der Waals surface area contributed by atoms with Crippen LogP contribution in [0, 0.1) is 0 Å². The Balaban J connectivity index is 4.59. The van der Waals surface area contributed by atoms with Gasteiger partial charge in [-0.25, -0.2) is 0 Å². The van der Waals surface area contributed by atoms with Gasteiger partial charge in [-0.1, -0.05) is 32.5 Å². The van der Waals surface area contributed by atoms with Crippen molar-refractivity contribution in [3.8, 4) is 0 Å². The Hall–Kier alpha value is -0.0331. The molecule has 0 aromatic rings. The Labute approximate surface area is 90.0 Å². The van der Waals surface area contributed by atoms with E-state index in [1.165, 1.54) is 0 Å². The van der Waals surface area contributed by atoms with E-state index < -0.39 is 14.4 Å². The van der Waals surface area contributed by atoms with Crippen LogP contribution in [0.3, 0.4) is 0 Å². The molecule has 0 fully saturated rings. The van der Waals surface area contributed by atoms with E-state index >= 15 is 0 Å². The van der Waals surface area contributed by atoms with E-state index in [0.29, 0.717) is 0 Å². The average Bonchev–Trinajstić information content (AvgIpc) is 1.78. The Morgan fingerprint density at radius 1 is 1.14 bits per heavy atom. The van der Waals surface area contributed by atoms with Gasteiger partial charge in [0.15, 0.2) is 0 Å². The van der Waals surface area contributed by atoms with Crippen LogP contribution in [0.15, 0.2) is 11.2 Å². The van der Waals surface area contributed by atoms with Crippen molar-refractivity contribution in [3.05, 3.63) is 11.2 Å². The molecule has 0 aromatic heterocycles. The lowest BCUT2D eigenvalue weighted by atomic mass is 10.3. The van der Waals surface area contributed by atoms with Crippen LogP contribution in [0.25, 0.3) is 0 Å². The Morgan fingerprint density at radius 2 is 1.57 bits per heavy atom. The lowest BCUT2D eigenvalue weighted by Crippen LogP contribution is -2.25. The highest BCUT2D eigenvalue weighted by atomic mass is 32.2. The van der Waals surface area contributed by atoms with Gasteiger partial charge < -0.3 is 4.43 Å². The molecule has 0 unspecified atom stereocenters. The van der Waals surface area contributed by atoms with Gasteiger partial charge in [0.05, 0.1) is 0 Å². The Kier molecular flexibility index (Phi) is 4.65. The van der Waals surface area contributed by atoms with Gasteiger partial charge >= 0.3 is 6.08 Å².